The van der Waals surface area contributed by atoms with Crippen LogP contribution in [0.4, 0.5) is 0 Å². The smallest absolute Gasteiger partial charge is 0.274 e. The Hall–Kier alpha value is -2.14. The van der Waals surface area contributed by atoms with E-state index in [2.05, 4.69) is 31.2 Å². The number of carbonyl (C=O) groups is 1. The molecule has 24 heavy (non-hydrogen) atoms. The van der Waals surface area contributed by atoms with Gasteiger partial charge in [-0.2, -0.15) is 5.10 Å². The SMILES string of the molecule is Cc1ccc(-n2nc(C(=O)N3CCC(CO)C3)c3c2CCC3)cc1. The number of likely N-dealkylation sites (tertiary alicyclic amines) is 1. The molecule has 1 atom stereocenters. The van der Waals surface area contributed by atoms with E-state index in [0.717, 1.165) is 43.5 Å². The summed E-state index contributed by atoms with van der Waals surface area (Å²) < 4.78 is 1.95. The van der Waals surface area contributed by atoms with Crippen LogP contribution in [0.1, 0.15) is 40.2 Å². The number of hydrogen-bond donors (Lipinski definition) is 1. The van der Waals surface area contributed by atoms with Crippen LogP contribution >= 0.6 is 0 Å². The molecule has 1 amide bonds. The lowest BCUT2D eigenvalue weighted by atomic mass is 10.1. The number of fused-ring (bicyclic) bond motifs is 1. The van der Waals surface area contributed by atoms with E-state index in [9.17, 15) is 9.90 Å². The zero-order valence-electron chi connectivity index (χ0n) is 14.0. The average Bonchev–Trinajstić information content (AvgIpc) is 3.31. The highest BCUT2D eigenvalue weighted by molar-refractivity contribution is 5.94. The number of nitrogens with zero attached hydrogens (tertiary/aromatic N) is 3. The Labute approximate surface area is 141 Å². The van der Waals surface area contributed by atoms with Crippen molar-refractivity contribution in [2.24, 2.45) is 5.92 Å². The molecule has 2 aromatic rings. The maximum Gasteiger partial charge on any atom is 0.274 e. The molecule has 1 aliphatic carbocycles. The summed E-state index contributed by atoms with van der Waals surface area (Å²) in [6, 6.07) is 8.28. The molecule has 1 aromatic heterocycles. The number of benzene rings is 1. The van der Waals surface area contributed by atoms with Gasteiger partial charge in [0.25, 0.3) is 5.91 Å². The Morgan fingerprint density at radius 1 is 1.29 bits per heavy atom. The molecule has 1 fully saturated rings. The van der Waals surface area contributed by atoms with Crippen LogP contribution in [-0.2, 0) is 12.8 Å². The highest BCUT2D eigenvalue weighted by Crippen LogP contribution is 2.29. The van der Waals surface area contributed by atoms with Crippen molar-refractivity contribution >= 4 is 5.91 Å². The monoisotopic (exact) mass is 325 g/mol. The number of aromatic nitrogens is 2. The van der Waals surface area contributed by atoms with Crippen LogP contribution in [0, 0.1) is 12.8 Å². The van der Waals surface area contributed by atoms with Gasteiger partial charge in [-0.05, 0) is 44.7 Å². The van der Waals surface area contributed by atoms with Gasteiger partial charge in [-0.25, -0.2) is 4.68 Å². The molecular formula is C19H23N3O2. The number of aliphatic hydroxyl groups is 1. The van der Waals surface area contributed by atoms with Gasteiger partial charge in [-0.15, -0.1) is 0 Å². The van der Waals surface area contributed by atoms with Crippen molar-refractivity contribution in [2.75, 3.05) is 19.7 Å². The predicted octanol–water partition coefficient (Wildman–Crippen LogP) is 2.12. The van der Waals surface area contributed by atoms with Crippen LogP contribution in [0.25, 0.3) is 5.69 Å². The molecule has 1 N–H and O–H groups in total. The first-order valence-corrected chi connectivity index (χ1v) is 8.75. The van der Waals surface area contributed by atoms with E-state index in [1.807, 2.05) is 9.58 Å². The molecule has 5 heteroatoms. The van der Waals surface area contributed by atoms with Crippen LogP contribution in [0.15, 0.2) is 24.3 Å². The first kappa shape index (κ1) is 15.4. The third kappa shape index (κ3) is 2.53. The zero-order chi connectivity index (χ0) is 16.7. The molecule has 126 valence electrons. The van der Waals surface area contributed by atoms with E-state index in [1.165, 1.54) is 11.3 Å². The molecule has 0 spiro atoms. The zero-order valence-corrected chi connectivity index (χ0v) is 14.0. The summed E-state index contributed by atoms with van der Waals surface area (Å²) in [6.45, 7) is 3.58. The van der Waals surface area contributed by atoms with Gasteiger partial charge in [0.05, 0.1) is 5.69 Å². The van der Waals surface area contributed by atoms with Crippen LogP contribution < -0.4 is 0 Å². The van der Waals surface area contributed by atoms with Crippen molar-refractivity contribution in [3.63, 3.8) is 0 Å². The van der Waals surface area contributed by atoms with Crippen molar-refractivity contribution < 1.29 is 9.90 Å². The second kappa shape index (κ2) is 6.06. The minimum Gasteiger partial charge on any atom is -0.396 e. The van der Waals surface area contributed by atoms with Gasteiger partial charge in [0, 0.05) is 36.9 Å². The molecule has 0 bridgehead atoms. The Morgan fingerprint density at radius 3 is 2.79 bits per heavy atom. The number of aliphatic hydroxyl groups excluding tert-OH is 1. The maximum atomic E-state index is 12.9. The minimum absolute atomic E-state index is 0.0231. The van der Waals surface area contributed by atoms with E-state index >= 15 is 0 Å². The topological polar surface area (TPSA) is 58.4 Å². The molecule has 2 aliphatic rings. The third-order valence-electron chi connectivity index (χ3n) is 5.24. The molecule has 0 saturated carbocycles. The lowest BCUT2D eigenvalue weighted by Crippen LogP contribution is -2.30. The summed E-state index contributed by atoms with van der Waals surface area (Å²) in [5.74, 6) is 0.233. The highest BCUT2D eigenvalue weighted by atomic mass is 16.3. The maximum absolute atomic E-state index is 12.9. The number of aryl methyl sites for hydroxylation is 1. The fourth-order valence-corrected chi connectivity index (χ4v) is 3.82. The summed E-state index contributed by atoms with van der Waals surface area (Å²) in [6.07, 6.45) is 3.87. The van der Waals surface area contributed by atoms with Crippen molar-refractivity contribution in [3.05, 3.63) is 46.8 Å². The fourth-order valence-electron chi connectivity index (χ4n) is 3.82. The molecule has 2 heterocycles. The Balaban J connectivity index is 1.68. The predicted molar refractivity (Wildman–Crippen MR) is 91.4 cm³/mol. The average molecular weight is 325 g/mol. The number of amides is 1. The number of hydrogen-bond acceptors (Lipinski definition) is 3. The summed E-state index contributed by atoms with van der Waals surface area (Å²) in [4.78, 5) is 14.8. The standard InChI is InChI=1S/C19H23N3O2/c1-13-5-7-15(8-6-13)22-17-4-2-3-16(17)18(20-22)19(24)21-10-9-14(11-21)12-23/h5-8,14,23H,2-4,9-12H2,1H3. The van der Waals surface area contributed by atoms with Gasteiger partial charge < -0.3 is 10.0 Å². The largest absolute Gasteiger partial charge is 0.396 e. The van der Waals surface area contributed by atoms with E-state index in [4.69, 9.17) is 5.10 Å². The van der Waals surface area contributed by atoms with E-state index in [-0.39, 0.29) is 18.4 Å². The molecule has 1 aromatic carbocycles. The third-order valence-corrected chi connectivity index (χ3v) is 5.24. The number of rotatable bonds is 3. The molecule has 0 radical (unpaired) electrons. The van der Waals surface area contributed by atoms with Gasteiger partial charge in [0.1, 0.15) is 0 Å². The Kier molecular flexibility index (Phi) is 3.88. The lowest BCUT2D eigenvalue weighted by Gasteiger charge is -2.15. The van der Waals surface area contributed by atoms with E-state index in [0.29, 0.717) is 12.2 Å². The molecule has 1 unspecified atom stereocenters. The van der Waals surface area contributed by atoms with Crippen molar-refractivity contribution in [1.29, 1.82) is 0 Å². The van der Waals surface area contributed by atoms with Gasteiger partial charge in [-0.3, -0.25) is 4.79 Å². The highest BCUT2D eigenvalue weighted by Gasteiger charge is 2.32. The van der Waals surface area contributed by atoms with Crippen molar-refractivity contribution in [1.82, 2.24) is 14.7 Å². The second-order valence-corrected chi connectivity index (χ2v) is 6.96. The van der Waals surface area contributed by atoms with Crippen LogP contribution in [0.2, 0.25) is 0 Å². The quantitative estimate of drug-likeness (QED) is 0.940. The fraction of sp³-hybridized carbons (Fsp3) is 0.474. The summed E-state index contributed by atoms with van der Waals surface area (Å²) in [5, 5.41) is 14.0. The Morgan fingerprint density at radius 2 is 2.08 bits per heavy atom. The Bertz CT molecular complexity index is 764. The minimum atomic E-state index is 0.0231. The van der Waals surface area contributed by atoms with Crippen LogP contribution in [0.3, 0.4) is 0 Å². The molecule has 1 aliphatic heterocycles. The van der Waals surface area contributed by atoms with Crippen molar-refractivity contribution in [3.8, 4) is 5.69 Å². The second-order valence-electron chi connectivity index (χ2n) is 6.96. The van der Waals surface area contributed by atoms with Crippen LogP contribution in [-0.4, -0.2) is 45.4 Å². The van der Waals surface area contributed by atoms with Gasteiger partial charge >= 0.3 is 0 Å². The lowest BCUT2D eigenvalue weighted by molar-refractivity contribution is 0.0774. The molecule has 4 rings (SSSR count). The van der Waals surface area contributed by atoms with Gasteiger partial charge in [0.15, 0.2) is 5.69 Å². The van der Waals surface area contributed by atoms with E-state index < -0.39 is 0 Å². The normalized spacial score (nSPS) is 19.8. The molecule has 1 saturated heterocycles. The first-order chi connectivity index (χ1) is 11.7. The summed E-state index contributed by atoms with van der Waals surface area (Å²) >= 11 is 0. The van der Waals surface area contributed by atoms with Gasteiger partial charge in [-0.1, -0.05) is 17.7 Å². The molecule has 5 nitrogen and oxygen atoms in total. The first-order valence-electron chi connectivity index (χ1n) is 8.75. The van der Waals surface area contributed by atoms with Crippen LogP contribution in [0.5, 0.6) is 0 Å². The number of carbonyl (C=O) groups excluding carboxylic acids is 1. The summed E-state index contributed by atoms with van der Waals surface area (Å²) in [5.41, 5.74) is 5.15. The molecular weight excluding hydrogens is 302 g/mol. The summed E-state index contributed by atoms with van der Waals surface area (Å²) in [7, 11) is 0. The van der Waals surface area contributed by atoms with Crippen molar-refractivity contribution in [2.45, 2.75) is 32.6 Å². The van der Waals surface area contributed by atoms with E-state index in [1.54, 1.807) is 0 Å². The van der Waals surface area contributed by atoms with Gasteiger partial charge in [0.2, 0.25) is 0 Å².